The zero-order valence-corrected chi connectivity index (χ0v) is 10.1. The van der Waals surface area contributed by atoms with Crippen LogP contribution >= 0.6 is 11.6 Å². The fourth-order valence-electron chi connectivity index (χ4n) is 1.29. The Morgan fingerprint density at radius 1 is 1.06 bits per heavy atom. The van der Waals surface area contributed by atoms with Crippen LogP contribution in [0, 0.1) is 0 Å². The van der Waals surface area contributed by atoms with Crippen LogP contribution in [0.2, 0.25) is 5.02 Å². The number of nitrogens with zero attached hydrogens (tertiary/aromatic N) is 3. The second kappa shape index (κ2) is 5.87. The average Bonchev–Trinajstić information content (AvgIpc) is 2.40. The minimum absolute atomic E-state index is 0.429. The largest absolute Gasteiger partial charge is 0.360 e. The normalized spacial score (nSPS) is 9.39. The number of rotatable bonds is 2. The highest BCUT2D eigenvalue weighted by Gasteiger charge is 2.08. The maximum absolute atomic E-state index is 11.6. The number of halogens is 1. The molecule has 1 amide bonds. The molecule has 0 heterocycles. The third kappa shape index (κ3) is 3.35. The molecule has 0 spiro atoms. The molecule has 5 heteroatoms. The van der Waals surface area contributed by atoms with Crippen molar-refractivity contribution in [2.45, 2.75) is 0 Å². The molecule has 0 radical (unpaired) electrons. The van der Waals surface area contributed by atoms with E-state index in [-0.39, 0.29) is 0 Å². The van der Waals surface area contributed by atoms with Gasteiger partial charge in [0.15, 0.2) is 10.8 Å². The Labute approximate surface area is 109 Å². The van der Waals surface area contributed by atoms with Crippen LogP contribution in [-0.2, 0) is 0 Å². The van der Waals surface area contributed by atoms with Gasteiger partial charge < -0.3 is 0 Å². The molecular formula is C13H9ClN3O+. The smallest absolute Gasteiger partial charge is 0.259 e. The van der Waals surface area contributed by atoms with Crippen molar-refractivity contribution in [2.24, 2.45) is 10.2 Å². The van der Waals surface area contributed by atoms with Crippen molar-refractivity contribution in [2.75, 3.05) is 0 Å². The van der Waals surface area contributed by atoms with Crippen molar-refractivity contribution >= 4 is 23.2 Å². The first-order valence-electron chi connectivity index (χ1n) is 5.22. The number of carbonyl (C=O) groups is 1. The van der Waals surface area contributed by atoms with Gasteiger partial charge in [0.05, 0.1) is 0 Å². The predicted octanol–water partition coefficient (Wildman–Crippen LogP) is 3.78. The third-order valence-electron chi connectivity index (χ3n) is 2.12. The molecular weight excluding hydrogens is 250 g/mol. The van der Waals surface area contributed by atoms with Gasteiger partial charge in [-0.15, -0.1) is 0 Å². The Kier molecular flexibility index (Phi) is 3.97. The van der Waals surface area contributed by atoms with Gasteiger partial charge in [-0.2, -0.15) is 0 Å². The standard InChI is InChI=1S/C13H9ClN3O/c14-11-7-4-8-12(9-11)15-17-16-13(18)10-5-2-1-3-6-10/h1-9H/q+1. The maximum atomic E-state index is 11.6. The van der Waals surface area contributed by atoms with E-state index in [4.69, 9.17) is 11.6 Å². The molecule has 0 aromatic heterocycles. The Bertz CT molecular complexity index is 619. The fourth-order valence-corrected chi connectivity index (χ4v) is 1.48. The van der Waals surface area contributed by atoms with Crippen LogP contribution in [0.1, 0.15) is 10.4 Å². The first-order chi connectivity index (χ1) is 8.75. The molecule has 0 saturated heterocycles. The molecule has 0 N–H and O–H groups in total. The van der Waals surface area contributed by atoms with Crippen molar-refractivity contribution < 1.29 is 4.79 Å². The number of amides is 1. The molecule has 0 atom stereocenters. The van der Waals surface area contributed by atoms with E-state index < -0.39 is 5.91 Å². The van der Waals surface area contributed by atoms with E-state index in [2.05, 4.69) is 15.1 Å². The first-order valence-corrected chi connectivity index (χ1v) is 5.60. The van der Waals surface area contributed by atoms with Crippen LogP contribution in [0.15, 0.2) is 64.8 Å². The topological polar surface area (TPSA) is 55.9 Å². The van der Waals surface area contributed by atoms with Crippen LogP contribution in [0.3, 0.4) is 0 Å². The number of hydrogen-bond donors (Lipinski definition) is 0. The van der Waals surface area contributed by atoms with Crippen molar-refractivity contribution in [3.05, 3.63) is 65.2 Å². The Morgan fingerprint density at radius 3 is 2.56 bits per heavy atom. The summed E-state index contributed by atoms with van der Waals surface area (Å²) in [6.07, 6.45) is 0. The van der Waals surface area contributed by atoms with Gasteiger partial charge in [0.2, 0.25) is 10.0 Å². The Morgan fingerprint density at radius 2 is 1.83 bits per heavy atom. The maximum Gasteiger partial charge on any atom is 0.360 e. The van der Waals surface area contributed by atoms with Crippen LogP contribution in [0.4, 0.5) is 5.69 Å². The van der Waals surface area contributed by atoms with Crippen molar-refractivity contribution in [1.29, 1.82) is 0 Å². The summed E-state index contributed by atoms with van der Waals surface area (Å²) in [4.78, 5) is 15.1. The number of benzene rings is 2. The molecule has 4 nitrogen and oxygen atoms in total. The second-order valence-corrected chi connectivity index (χ2v) is 3.88. The summed E-state index contributed by atoms with van der Waals surface area (Å²) in [5.41, 5.74) is 1.02. The summed E-state index contributed by atoms with van der Waals surface area (Å²) in [7, 11) is 0. The highest BCUT2D eigenvalue weighted by Crippen LogP contribution is 2.16. The molecule has 0 unspecified atom stereocenters. The minimum Gasteiger partial charge on any atom is -0.259 e. The lowest BCUT2D eigenvalue weighted by atomic mass is 10.2. The summed E-state index contributed by atoms with van der Waals surface area (Å²) < 4.78 is 0. The second-order valence-electron chi connectivity index (χ2n) is 3.44. The summed E-state index contributed by atoms with van der Waals surface area (Å²) in [5.74, 6) is -0.429. The van der Waals surface area contributed by atoms with E-state index in [1.165, 1.54) is 0 Å². The first kappa shape index (κ1) is 12.2. The van der Waals surface area contributed by atoms with Crippen molar-refractivity contribution in [3.8, 4) is 0 Å². The van der Waals surface area contributed by atoms with Crippen LogP contribution in [-0.4, -0.2) is 5.91 Å². The SMILES string of the molecule is O=C(N=[N+]=Nc1cccc(Cl)c1)c1ccccc1. The van der Waals surface area contributed by atoms with Gasteiger partial charge >= 0.3 is 5.91 Å². The predicted molar refractivity (Wildman–Crippen MR) is 68.9 cm³/mol. The lowest BCUT2D eigenvalue weighted by Gasteiger charge is -1.86. The molecule has 0 aliphatic carbocycles. The molecule has 2 rings (SSSR count). The van der Waals surface area contributed by atoms with E-state index in [9.17, 15) is 4.79 Å². The van der Waals surface area contributed by atoms with Crippen molar-refractivity contribution in [3.63, 3.8) is 0 Å². The van der Waals surface area contributed by atoms with Gasteiger partial charge in [0.1, 0.15) is 0 Å². The molecule has 2 aromatic carbocycles. The Hall–Kier alpha value is -2.29. The summed E-state index contributed by atoms with van der Waals surface area (Å²) in [6.45, 7) is 0. The van der Waals surface area contributed by atoms with Gasteiger partial charge in [-0.25, -0.2) is 0 Å². The fraction of sp³-hybridized carbons (Fsp3) is 0. The highest BCUT2D eigenvalue weighted by molar-refractivity contribution is 6.30. The molecule has 88 valence electrons. The van der Waals surface area contributed by atoms with Crippen molar-refractivity contribution in [1.82, 2.24) is 4.91 Å². The van der Waals surface area contributed by atoms with Gasteiger partial charge in [-0.1, -0.05) is 35.9 Å². The molecule has 0 aliphatic rings. The highest BCUT2D eigenvalue weighted by atomic mass is 35.5. The zero-order valence-electron chi connectivity index (χ0n) is 9.32. The van der Waals surface area contributed by atoms with E-state index in [1.807, 2.05) is 6.07 Å². The summed E-state index contributed by atoms with van der Waals surface area (Å²) in [6, 6.07) is 15.5. The van der Waals surface area contributed by atoms with Gasteiger partial charge in [0, 0.05) is 10.6 Å². The van der Waals surface area contributed by atoms with Crippen LogP contribution < -0.4 is 4.91 Å². The molecule has 0 bridgehead atoms. The lowest BCUT2D eigenvalue weighted by molar-refractivity contribution is 0.0992. The van der Waals surface area contributed by atoms with Crippen LogP contribution in [0.5, 0.6) is 0 Å². The molecule has 2 aromatic rings. The average molecular weight is 259 g/mol. The summed E-state index contributed by atoms with van der Waals surface area (Å²) >= 11 is 5.78. The summed E-state index contributed by atoms with van der Waals surface area (Å²) in [5, 5.41) is 7.84. The monoisotopic (exact) mass is 258 g/mol. The minimum atomic E-state index is -0.429. The van der Waals surface area contributed by atoms with E-state index >= 15 is 0 Å². The molecule has 0 aliphatic heterocycles. The van der Waals surface area contributed by atoms with Crippen LogP contribution in [0.25, 0.3) is 0 Å². The van der Waals surface area contributed by atoms with E-state index in [0.717, 1.165) is 0 Å². The van der Waals surface area contributed by atoms with E-state index in [1.54, 1.807) is 48.5 Å². The van der Waals surface area contributed by atoms with Gasteiger partial charge in [-0.3, -0.25) is 4.79 Å². The van der Waals surface area contributed by atoms with Gasteiger partial charge in [0.25, 0.3) is 0 Å². The van der Waals surface area contributed by atoms with Gasteiger partial charge in [-0.05, 0) is 30.3 Å². The lowest BCUT2D eigenvalue weighted by Crippen LogP contribution is -1.93. The third-order valence-corrected chi connectivity index (χ3v) is 2.36. The number of carbonyl (C=O) groups excluding carboxylic acids is 1. The molecule has 0 fully saturated rings. The molecule has 18 heavy (non-hydrogen) atoms. The zero-order chi connectivity index (χ0) is 12.8. The molecule has 0 saturated carbocycles. The number of hydrogen-bond acceptors (Lipinski definition) is 2. The van der Waals surface area contributed by atoms with E-state index in [0.29, 0.717) is 16.3 Å². The Balaban J connectivity index is 2.14. The quantitative estimate of drug-likeness (QED) is 0.597.